The van der Waals surface area contributed by atoms with Crippen molar-refractivity contribution in [2.45, 2.75) is 12.6 Å². The smallest absolute Gasteiger partial charge is 0.416 e. The minimum atomic E-state index is -4.37. The Kier molecular flexibility index (Phi) is 6.16. The maximum Gasteiger partial charge on any atom is 0.416 e. The number of nitrogens with zero attached hydrogens (tertiary/aromatic N) is 1. The van der Waals surface area contributed by atoms with Gasteiger partial charge in [-0.1, -0.05) is 0 Å². The number of rotatable bonds is 7. The van der Waals surface area contributed by atoms with Crippen LogP contribution in [-0.4, -0.2) is 30.6 Å². The number of aromatic nitrogens is 1. The van der Waals surface area contributed by atoms with Gasteiger partial charge in [-0.3, -0.25) is 4.79 Å². The van der Waals surface area contributed by atoms with E-state index in [0.717, 1.165) is 17.1 Å². The largest absolute Gasteiger partial charge is 0.492 e. The third-order valence-electron chi connectivity index (χ3n) is 2.98. The molecule has 130 valence electrons. The zero-order chi connectivity index (χ0) is 17.6. The van der Waals surface area contributed by atoms with Crippen LogP contribution in [-0.2, 0) is 12.6 Å². The van der Waals surface area contributed by atoms with Gasteiger partial charge in [0.25, 0.3) is 5.91 Å². The number of nitrogens with one attached hydrogen (secondary N) is 1. The molecule has 5 nitrogen and oxygen atoms in total. The van der Waals surface area contributed by atoms with Crippen molar-refractivity contribution >= 4 is 17.2 Å². The predicted molar refractivity (Wildman–Crippen MR) is 84.1 cm³/mol. The standard InChI is InChI=1S/C15H16F3N3O2S/c16-15(17,18)10-1-3-11(4-2-10)23-8-7-20-14(22)12-9-24-13(21-12)5-6-19/h1-4,9H,5-8,19H2,(H,20,22). The monoisotopic (exact) mass is 359 g/mol. The summed E-state index contributed by atoms with van der Waals surface area (Å²) in [5, 5.41) is 5.07. The van der Waals surface area contributed by atoms with Crippen molar-refractivity contribution in [1.82, 2.24) is 10.3 Å². The van der Waals surface area contributed by atoms with Gasteiger partial charge >= 0.3 is 6.18 Å². The number of amides is 1. The van der Waals surface area contributed by atoms with Crippen LogP contribution in [0.5, 0.6) is 5.75 Å². The lowest BCUT2D eigenvalue weighted by atomic mass is 10.2. The van der Waals surface area contributed by atoms with E-state index in [1.807, 2.05) is 0 Å². The first-order chi connectivity index (χ1) is 11.4. The molecule has 0 saturated heterocycles. The minimum Gasteiger partial charge on any atom is -0.492 e. The van der Waals surface area contributed by atoms with Crippen LogP contribution < -0.4 is 15.8 Å². The minimum absolute atomic E-state index is 0.136. The van der Waals surface area contributed by atoms with Gasteiger partial charge in [-0.25, -0.2) is 4.98 Å². The van der Waals surface area contributed by atoms with Crippen molar-refractivity contribution in [2.75, 3.05) is 19.7 Å². The van der Waals surface area contributed by atoms with E-state index in [1.165, 1.54) is 23.5 Å². The topological polar surface area (TPSA) is 77.2 Å². The van der Waals surface area contributed by atoms with Gasteiger partial charge in [0.15, 0.2) is 0 Å². The molecule has 9 heteroatoms. The number of hydrogen-bond acceptors (Lipinski definition) is 5. The van der Waals surface area contributed by atoms with Gasteiger partial charge in [-0.15, -0.1) is 11.3 Å². The summed E-state index contributed by atoms with van der Waals surface area (Å²) < 4.78 is 42.6. The number of halogens is 3. The maximum atomic E-state index is 12.4. The van der Waals surface area contributed by atoms with Crippen LogP contribution in [0.25, 0.3) is 0 Å². The Morgan fingerprint density at radius 2 is 2.00 bits per heavy atom. The van der Waals surface area contributed by atoms with Crippen LogP contribution >= 0.6 is 11.3 Å². The van der Waals surface area contributed by atoms with E-state index in [-0.39, 0.29) is 19.1 Å². The fraction of sp³-hybridized carbons (Fsp3) is 0.333. The third kappa shape index (κ3) is 5.20. The van der Waals surface area contributed by atoms with Crippen LogP contribution in [0.15, 0.2) is 29.6 Å². The molecule has 0 spiro atoms. The van der Waals surface area contributed by atoms with E-state index >= 15 is 0 Å². The Labute approximate surface area is 140 Å². The highest BCUT2D eigenvalue weighted by Crippen LogP contribution is 2.30. The molecule has 0 radical (unpaired) electrons. The molecule has 0 fully saturated rings. The first-order valence-electron chi connectivity index (χ1n) is 7.13. The first-order valence-corrected chi connectivity index (χ1v) is 8.01. The average Bonchev–Trinajstić information content (AvgIpc) is 3.00. The quantitative estimate of drug-likeness (QED) is 0.745. The van der Waals surface area contributed by atoms with Gasteiger partial charge in [-0.05, 0) is 30.8 Å². The summed E-state index contributed by atoms with van der Waals surface area (Å²) in [5.41, 5.74) is 5.00. The zero-order valence-corrected chi connectivity index (χ0v) is 13.4. The third-order valence-corrected chi connectivity index (χ3v) is 3.89. The van der Waals surface area contributed by atoms with Gasteiger partial charge in [0, 0.05) is 11.8 Å². The molecule has 0 aliphatic heterocycles. The SMILES string of the molecule is NCCc1nc(C(=O)NCCOc2ccc(C(F)(F)F)cc2)cs1. The van der Waals surface area contributed by atoms with Crippen LogP contribution in [0.2, 0.25) is 0 Å². The van der Waals surface area contributed by atoms with Crippen molar-refractivity contribution in [3.63, 3.8) is 0 Å². The van der Waals surface area contributed by atoms with E-state index in [9.17, 15) is 18.0 Å². The van der Waals surface area contributed by atoms with Gasteiger partial charge in [0.2, 0.25) is 0 Å². The van der Waals surface area contributed by atoms with Crippen molar-refractivity contribution in [2.24, 2.45) is 5.73 Å². The summed E-state index contributed by atoms with van der Waals surface area (Å²) in [5.74, 6) is -0.0262. The number of carbonyl (C=O) groups excluding carboxylic acids is 1. The number of thiazole rings is 1. The Morgan fingerprint density at radius 1 is 1.29 bits per heavy atom. The molecule has 0 atom stereocenters. The molecular formula is C15H16F3N3O2S. The summed E-state index contributed by atoms with van der Waals surface area (Å²) in [7, 11) is 0. The molecule has 1 amide bonds. The number of ether oxygens (including phenoxy) is 1. The van der Waals surface area contributed by atoms with Crippen LogP contribution in [0.3, 0.4) is 0 Å². The molecule has 1 heterocycles. The second-order valence-electron chi connectivity index (χ2n) is 4.79. The van der Waals surface area contributed by atoms with E-state index in [4.69, 9.17) is 10.5 Å². The fourth-order valence-corrected chi connectivity index (χ4v) is 2.61. The summed E-state index contributed by atoms with van der Waals surface area (Å²) in [4.78, 5) is 16.0. The maximum absolute atomic E-state index is 12.4. The highest BCUT2D eigenvalue weighted by atomic mass is 32.1. The highest BCUT2D eigenvalue weighted by molar-refractivity contribution is 7.09. The Bertz CT molecular complexity index is 671. The van der Waals surface area contributed by atoms with E-state index in [0.29, 0.717) is 24.4 Å². The van der Waals surface area contributed by atoms with Gasteiger partial charge < -0.3 is 15.8 Å². The second-order valence-corrected chi connectivity index (χ2v) is 5.73. The molecule has 0 aliphatic carbocycles. The van der Waals surface area contributed by atoms with Crippen molar-refractivity contribution in [1.29, 1.82) is 0 Å². The lowest BCUT2D eigenvalue weighted by Crippen LogP contribution is -2.28. The summed E-state index contributed by atoms with van der Waals surface area (Å²) in [6.45, 7) is 0.816. The first kappa shape index (κ1) is 18.2. The van der Waals surface area contributed by atoms with Gasteiger partial charge in [0.05, 0.1) is 17.1 Å². The van der Waals surface area contributed by atoms with Crippen molar-refractivity contribution in [3.8, 4) is 5.75 Å². The average molecular weight is 359 g/mol. The van der Waals surface area contributed by atoms with Gasteiger partial charge in [-0.2, -0.15) is 13.2 Å². The highest BCUT2D eigenvalue weighted by Gasteiger charge is 2.29. The number of benzene rings is 1. The molecule has 3 N–H and O–H groups in total. The van der Waals surface area contributed by atoms with E-state index in [2.05, 4.69) is 10.3 Å². The summed E-state index contributed by atoms with van der Waals surface area (Å²) in [6, 6.07) is 4.37. The molecule has 0 unspecified atom stereocenters. The van der Waals surface area contributed by atoms with Crippen LogP contribution in [0, 0.1) is 0 Å². The molecule has 0 bridgehead atoms. The van der Waals surface area contributed by atoms with Gasteiger partial charge in [0.1, 0.15) is 18.1 Å². The molecule has 0 aliphatic rings. The normalized spacial score (nSPS) is 11.3. The van der Waals surface area contributed by atoms with Crippen LogP contribution in [0.4, 0.5) is 13.2 Å². The summed E-state index contributed by atoms with van der Waals surface area (Å²) in [6.07, 6.45) is -3.75. The van der Waals surface area contributed by atoms with E-state index in [1.54, 1.807) is 5.38 Å². The number of carbonyl (C=O) groups is 1. The fourth-order valence-electron chi connectivity index (χ4n) is 1.82. The summed E-state index contributed by atoms with van der Waals surface area (Å²) >= 11 is 1.37. The zero-order valence-electron chi connectivity index (χ0n) is 12.6. The number of nitrogens with two attached hydrogens (primary N) is 1. The second kappa shape index (κ2) is 8.11. The van der Waals surface area contributed by atoms with Crippen molar-refractivity contribution in [3.05, 3.63) is 45.9 Å². The number of alkyl halides is 3. The molecule has 1 aromatic carbocycles. The lowest BCUT2D eigenvalue weighted by Gasteiger charge is -2.09. The molecule has 2 rings (SSSR count). The predicted octanol–water partition coefficient (Wildman–Crippen LogP) is 2.47. The molecule has 2 aromatic rings. The van der Waals surface area contributed by atoms with E-state index < -0.39 is 11.7 Å². The number of hydrogen-bond donors (Lipinski definition) is 2. The Balaban J connectivity index is 1.75. The molecular weight excluding hydrogens is 343 g/mol. The molecule has 24 heavy (non-hydrogen) atoms. The van der Waals surface area contributed by atoms with Crippen molar-refractivity contribution < 1.29 is 22.7 Å². The molecule has 0 saturated carbocycles. The van der Waals surface area contributed by atoms with Crippen LogP contribution in [0.1, 0.15) is 21.1 Å². The Morgan fingerprint density at radius 3 is 2.62 bits per heavy atom. The molecule has 1 aromatic heterocycles. The Hall–Kier alpha value is -2.13. The lowest BCUT2D eigenvalue weighted by molar-refractivity contribution is -0.137.